The zero-order valence-corrected chi connectivity index (χ0v) is 22.1. The zero-order chi connectivity index (χ0) is 27.7. The highest BCUT2D eigenvalue weighted by Crippen LogP contribution is 2.39. The van der Waals surface area contributed by atoms with Crippen LogP contribution in [0.4, 0.5) is 30.6 Å². The Kier molecular flexibility index (Phi) is 7.74. The third kappa shape index (κ3) is 5.80. The fraction of sp³-hybridized carbons (Fsp3) is 0.478. The van der Waals surface area contributed by atoms with E-state index in [1.807, 2.05) is 0 Å². The van der Waals surface area contributed by atoms with E-state index < -0.39 is 27.3 Å². The highest BCUT2D eigenvalue weighted by molar-refractivity contribution is 7.89. The summed E-state index contributed by atoms with van der Waals surface area (Å²) < 4.78 is 84.4. The number of aromatic amines is 1. The molecule has 1 saturated heterocycles. The molecule has 0 saturated carbocycles. The molecule has 0 unspecified atom stereocenters. The van der Waals surface area contributed by atoms with E-state index in [1.165, 1.54) is 36.7 Å². The minimum atomic E-state index is -4.64. The second-order valence-corrected chi connectivity index (χ2v) is 11.2. The third-order valence-corrected chi connectivity index (χ3v) is 7.72. The Balaban J connectivity index is 1.72. The van der Waals surface area contributed by atoms with Crippen molar-refractivity contribution in [3.8, 4) is 5.75 Å². The van der Waals surface area contributed by atoms with Crippen LogP contribution in [0.1, 0.15) is 19.4 Å². The van der Waals surface area contributed by atoms with E-state index in [0.29, 0.717) is 18.9 Å². The number of benzene rings is 1. The molecule has 2 aromatic heterocycles. The Hall–Kier alpha value is -3.14. The molecule has 11 nitrogen and oxygen atoms in total. The van der Waals surface area contributed by atoms with Gasteiger partial charge in [0.25, 0.3) is 0 Å². The lowest BCUT2D eigenvalue weighted by atomic mass is 10.1. The van der Waals surface area contributed by atoms with Crippen LogP contribution in [-0.2, 0) is 25.7 Å². The van der Waals surface area contributed by atoms with Crippen molar-refractivity contribution in [3.63, 3.8) is 0 Å². The molecule has 1 fully saturated rings. The summed E-state index contributed by atoms with van der Waals surface area (Å²) >= 11 is 0. The van der Waals surface area contributed by atoms with Gasteiger partial charge in [-0.2, -0.15) is 27.4 Å². The Morgan fingerprint density at radius 3 is 2.50 bits per heavy atom. The molecule has 208 valence electrons. The number of nitrogens with one attached hydrogen (secondary N) is 3. The molecule has 38 heavy (non-hydrogen) atoms. The minimum absolute atomic E-state index is 0.0287. The summed E-state index contributed by atoms with van der Waals surface area (Å²) in [6, 6.07) is 4.26. The van der Waals surface area contributed by atoms with Gasteiger partial charge in [-0.1, -0.05) is 0 Å². The van der Waals surface area contributed by atoms with E-state index in [-0.39, 0.29) is 53.1 Å². The number of hydrogen-bond acceptors (Lipinski definition) is 9. The predicted molar refractivity (Wildman–Crippen MR) is 134 cm³/mol. The van der Waals surface area contributed by atoms with Crippen LogP contribution >= 0.6 is 0 Å². The first-order valence-corrected chi connectivity index (χ1v) is 13.1. The quantitative estimate of drug-likeness (QED) is 0.361. The van der Waals surface area contributed by atoms with Gasteiger partial charge in [0.05, 0.1) is 54.0 Å². The Labute approximate surface area is 217 Å². The first kappa shape index (κ1) is 27.9. The number of H-pyrrole nitrogens is 1. The van der Waals surface area contributed by atoms with E-state index in [4.69, 9.17) is 14.2 Å². The van der Waals surface area contributed by atoms with Gasteiger partial charge < -0.3 is 29.8 Å². The number of methoxy groups -OCH3 is 2. The number of ether oxygens (including phenoxy) is 3. The Morgan fingerprint density at radius 2 is 1.87 bits per heavy atom. The largest absolute Gasteiger partial charge is 0.495 e. The van der Waals surface area contributed by atoms with Gasteiger partial charge in [0.1, 0.15) is 17.2 Å². The molecule has 3 aromatic rings. The molecule has 3 heterocycles. The fourth-order valence-corrected chi connectivity index (χ4v) is 5.54. The maximum Gasteiger partial charge on any atom is 0.418 e. The van der Waals surface area contributed by atoms with Crippen molar-refractivity contribution in [2.24, 2.45) is 0 Å². The summed E-state index contributed by atoms with van der Waals surface area (Å²) in [6.07, 6.45) is -3.80. The molecular weight excluding hydrogens is 529 g/mol. The predicted octanol–water partition coefficient (Wildman–Crippen LogP) is 3.59. The number of rotatable bonds is 9. The zero-order valence-electron chi connectivity index (χ0n) is 21.3. The molecule has 0 aliphatic carbocycles. The van der Waals surface area contributed by atoms with Crippen LogP contribution in [0.2, 0.25) is 0 Å². The van der Waals surface area contributed by atoms with Gasteiger partial charge in [0.15, 0.2) is 0 Å². The lowest BCUT2D eigenvalue weighted by Crippen LogP contribution is -2.40. The van der Waals surface area contributed by atoms with Crippen molar-refractivity contribution in [2.75, 3.05) is 57.8 Å². The molecule has 3 N–H and O–H groups in total. The van der Waals surface area contributed by atoms with Crippen LogP contribution in [-0.4, -0.2) is 80.3 Å². The molecule has 0 amide bonds. The number of alkyl halides is 3. The number of nitrogens with zero attached hydrogens (tertiary/aromatic N) is 3. The molecule has 4 rings (SSSR count). The van der Waals surface area contributed by atoms with Gasteiger partial charge in [0, 0.05) is 32.5 Å². The van der Waals surface area contributed by atoms with E-state index >= 15 is 0 Å². The maximum absolute atomic E-state index is 13.7. The van der Waals surface area contributed by atoms with Crippen molar-refractivity contribution in [1.82, 2.24) is 19.3 Å². The standard InChI is InChI=1S/C23H29F3N6O5S/c1-22(2,13-35-3)31-20-18-15(23(24,25)26)12-27-19(18)29-21(30-20)28-16-6-5-14(11-17(16)36-4)38(33,34)32-7-9-37-10-8-32/h5-6,11-12H,7-10,13H2,1-4H3,(H3,27,28,29,30,31). The SMILES string of the molecule is COCC(C)(C)Nc1nc(Nc2ccc(S(=O)(=O)N3CCOCC3)cc2OC)nc2[nH]cc(C(F)(F)F)c12. The molecule has 0 radical (unpaired) electrons. The molecule has 0 spiro atoms. The average Bonchev–Trinajstić information content (AvgIpc) is 3.29. The summed E-state index contributed by atoms with van der Waals surface area (Å²) in [5, 5.41) is 5.73. The first-order valence-electron chi connectivity index (χ1n) is 11.6. The normalized spacial score (nSPS) is 15.6. The topological polar surface area (TPSA) is 131 Å². The van der Waals surface area contributed by atoms with Crippen molar-refractivity contribution in [1.29, 1.82) is 0 Å². The third-order valence-electron chi connectivity index (χ3n) is 5.83. The van der Waals surface area contributed by atoms with Gasteiger partial charge in [-0.25, -0.2) is 8.42 Å². The van der Waals surface area contributed by atoms with Crippen molar-refractivity contribution in [2.45, 2.75) is 30.5 Å². The maximum atomic E-state index is 13.7. The molecule has 1 aliphatic rings. The van der Waals surface area contributed by atoms with E-state index in [1.54, 1.807) is 13.8 Å². The van der Waals surface area contributed by atoms with Gasteiger partial charge >= 0.3 is 6.18 Å². The number of aromatic nitrogens is 3. The molecule has 15 heteroatoms. The van der Waals surface area contributed by atoms with E-state index in [0.717, 1.165) is 6.20 Å². The number of fused-ring (bicyclic) bond motifs is 1. The van der Waals surface area contributed by atoms with Crippen molar-refractivity contribution in [3.05, 3.63) is 30.0 Å². The summed E-state index contributed by atoms with van der Waals surface area (Å²) in [5.41, 5.74) is -1.40. The van der Waals surface area contributed by atoms with Crippen LogP contribution in [0.5, 0.6) is 5.75 Å². The number of anilines is 3. The number of hydrogen-bond donors (Lipinski definition) is 3. The summed E-state index contributed by atoms with van der Waals surface area (Å²) in [5.74, 6) is 0.0872. The van der Waals surface area contributed by atoms with Crippen LogP contribution < -0.4 is 15.4 Å². The summed E-state index contributed by atoms with van der Waals surface area (Å²) in [4.78, 5) is 11.1. The van der Waals surface area contributed by atoms with Gasteiger partial charge in [0.2, 0.25) is 16.0 Å². The molecule has 1 aromatic carbocycles. The van der Waals surface area contributed by atoms with E-state index in [9.17, 15) is 21.6 Å². The molecule has 0 atom stereocenters. The Morgan fingerprint density at radius 1 is 1.16 bits per heavy atom. The summed E-state index contributed by atoms with van der Waals surface area (Å²) in [7, 11) is -0.920. The van der Waals surface area contributed by atoms with Crippen LogP contribution in [0.3, 0.4) is 0 Å². The number of morpholine rings is 1. The van der Waals surface area contributed by atoms with Crippen LogP contribution in [0.25, 0.3) is 11.0 Å². The van der Waals surface area contributed by atoms with Crippen LogP contribution in [0.15, 0.2) is 29.3 Å². The van der Waals surface area contributed by atoms with Crippen molar-refractivity contribution >= 4 is 38.5 Å². The monoisotopic (exact) mass is 558 g/mol. The second-order valence-electron chi connectivity index (χ2n) is 9.26. The van der Waals surface area contributed by atoms with Crippen LogP contribution in [0, 0.1) is 0 Å². The molecule has 1 aliphatic heterocycles. The first-order chi connectivity index (χ1) is 17.9. The molecule has 0 bridgehead atoms. The lowest BCUT2D eigenvalue weighted by molar-refractivity contribution is -0.136. The van der Waals surface area contributed by atoms with Gasteiger partial charge in [-0.05, 0) is 26.0 Å². The summed E-state index contributed by atoms with van der Waals surface area (Å²) in [6.45, 7) is 4.81. The van der Waals surface area contributed by atoms with Gasteiger partial charge in [-0.3, -0.25) is 0 Å². The lowest BCUT2D eigenvalue weighted by Gasteiger charge is -2.27. The van der Waals surface area contributed by atoms with E-state index in [2.05, 4.69) is 25.6 Å². The van der Waals surface area contributed by atoms with Crippen molar-refractivity contribution < 1.29 is 35.8 Å². The fourth-order valence-electron chi connectivity index (χ4n) is 4.11. The average molecular weight is 559 g/mol. The smallest absolute Gasteiger partial charge is 0.418 e. The number of sulfonamides is 1. The minimum Gasteiger partial charge on any atom is -0.495 e. The highest BCUT2D eigenvalue weighted by Gasteiger charge is 2.36. The second kappa shape index (κ2) is 10.6. The Bertz CT molecular complexity index is 1400. The van der Waals surface area contributed by atoms with Gasteiger partial charge in [-0.15, -0.1) is 0 Å². The highest BCUT2D eigenvalue weighted by atomic mass is 32.2. The molecular formula is C23H29F3N6O5S. The number of halogens is 3.